The summed E-state index contributed by atoms with van der Waals surface area (Å²) in [6.07, 6.45) is -2.09. The van der Waals surface area contributed by atoms with Crippen molar-refractivity contribution in [2.75, 3.05) is 6.54 Å². The summed E-state index contributed by atoms with van der Waals surface area (Å²) >= 11 is 0. The molecule has 5 nitrogen and oxygen atoms in total. The monoisotopic (exact) mass is 176 g/mol. The van der Waals surface area contributed by atoms with Gasteiger partial charge < -0.3 is 9.84 Å². The molecule has 0 saturated heterocycles. The largest absolute Gasteiger partial charge is 0.431 e. The molecule has 1 amide bonds. The molecule has 0 spiro atoms. The fourth-order valence-electron chi connectivity index (χ4n) is 0.773. The van der Waals surface area contributed by atoms with Crippen LogP contribution in [0.3, 0.4) is 0 Å². The van der Waals surface area contributed by atoms with Gasteiger partial charge in [0.2, 0.25) is 0 Å². The van der Waals surface area contributed by atoms with Crippen LogP contribution in [0.2, 0.25) is 0 Å². The van der Waals surface area contributed by atoms with Gasteiger partial charge in [0, 0.05) is 6.54 Å². The van der Waals surface area contributed by atoms with E-state index in [1.807, 2.05) is 0 Å². The van der Waals surface area contributed by atoms with Crippen molar-refractivity contribution >= 4 is 6.09 Å². The molecule has 0 aliphatic carbocycles. The number of nitrogens with two attached hydrogens (primary N) is 1. The van der Waals surface area contributed by atoms with Crippen molar-refractivity contribution in [3.8, 4) is 0 Å². The van der Waals surface area contributed by atoms with Crippen molar-refractivity contribution < 1.29 is 14.6 Å². The molecule has 0 aliphatic heterocycles. The van der Waals surface area contributed by atoms with Crippen LogP contribution in [0.25, 0.3) is 0 Å². The molecule has 2 atom stereocenters. The molecule has 0 aromatic carbocycles. The van der Waals surface area contributed by atoms with Crippen molar-refractivity contribution in [2.24, 2.45) is 5.73 Å². The van der Waals surface area contributed by atoms with Gasteiger partial charge in [-0.25, -0.2) is 4.79 Å². The summed E-state index contributed by atoms with van der Waals surface area (Å²) in [6, 6.07) is 0. The molecular formula is C7H16N2O3. The van der Waals surface area contributed by atoms with E-state index in [4.69, 9.17) is 10.8 Å². The maximum absolute atomic E-state index is 11.1. The van der Waals surface area contributed by atoms with Gasteiger partial charge in [-0.1, -0.05) is 0 Å². The van der Waals surface area contributed by atoms with Crippen LogP contribution in [0, 0.1) is 0 Å². The van der Waals surface area contributed by atoms with E-state index in [1.165, 1.54) is 11.8 Å². The summed E-state index contributed by atoms with van der Waals surface area (Å²) in [5, 5.41) is 9.08. The Kier molecular flexibility index (Phi) is 4.61. The van der Waals surface area contributed by atoms with Gasteiger partial charge in [0.05, 0.1) is 0 Å². The van der Waals surface area contributed by atoms with E-state index >= 15 is 0 Å². The maximum Gasteiger partial charge on any atom is 0.413 e. The van der Waals surface area contributed by atoms with Crippen molar-refractivity contribution in [1.29, 1.82) is 0 Å². The summed E-state index contributed by atoms with van der Waals surface area (Å²) < 4.78 is 4.67. The van der Waals surface area contributed by atoms with E-state index < -0.39 is 18.5 Å². The molecule has 0 aromatic heterocycles. The zero-order chi connectivity index (χ0) is 9.72. The normalized spacial score (nSPS) is 15.1. The number of hydrogen-bond donors (Lipinski definition) is 2. The Bertz CT molecular complexity index is 148. The van der Waals surface area contributed by atoms with Crippen molar-refractivity contribution in [3.05, 3.63) is 0 Å². The van der Waals surface area contributed by atoms with Gasteiger partial charge in [-0.05, 0) is 20.8 Å². The molecule has 72 valence electrons. The van der Waals surface area contributed by atoms with Crippen LogP contribution < -0.4 is 5.73 Å². The van der Waals surface area contributed by atoms with Crippen LogP contribution >= 0.6 is 0 Å². The molecule has 12 heavy (non-hydrogen) atoms. The summed E-state index contributed by atoms with van der Waals surface area (Å²) in [5.74, 6) is 0. The van der Waals surface area contributed by atoms with E-state index in [0.717, 1.165) is 0 Å². The van der Waals surface area contributed by atoms with Crippen molar-refractivity contribution in [2.45, 2.75) is 33.2 Å². The van der Waals surface area contributed by atoms with Crippen LogP contribution in [0.5, 0.6) is 0 Å². The Morgan fingerprint density at radius 1 is 1.67 bits per heavy atom. The van der Waals surface area contributed by atoms with Crippen LogP contribution in [-0.2, 0) is 4.74 Å². The van der Waals surface area contributed by atoms with Crippen LogP contribution in [0.15, 0.2) is 0 Å². The van der Waals surface area contributed by atoms with Gasteiger partial charge in [0.15, 0.2) is 0 Å². The summed E-state index contributed by atoms with van der Waals surface area (Å²) in [7, 11) is 0. The number of amides is 1. The summed E-state index contributed by atoms with van der Waals surface area (Å²) in [4.78, 5) is 12.3. The number of aliphatic hydroxyl groups excluding tert-OH is 1. The predicted octanol–water partition coefficient (Wildman–Crippen LogP) is 0.0879. The maximum atomic E-state index is 11.1. The lowest BCUT2D eigenvalue weighted by Gasteiger charge is -2.23. The molecule has 0 saturated carbocycles. The first-order valence-electron chi connectivity index (χ1n) is 3.90. The highest BCUT2D eigenvalue weighted by atomic mass is 16.6. The second-order valence-electron chi connectivity index (χ2n) is 2.51. The van der Waals surface area contributed by atoms with Crippen molar-refractivity contribution in [3.63, 3.8) is 0 Å². The quantitative estimate of drug-likeness (QED) is 0.597. The molecule has 0 radical (unpaired) electrons. The number of carbonyl (C=O) groups is 1. The Balaban J connectivity index is 4.04. The van der Waals surface area contributed by atoms with E-state index in [1.54, 1.807) is 13.8 Å². The molecule has 0 rings (SSSR count). The fraction of sp³-hybridized carbons (Fsp3) is 0.857. The molecule has 2 unspecified atom stereocenters. The minimum absolute atomic E-state index is 0.392. The second-order valence-corrected chi connectivity index (χ2v) is 2.51. The molecule has 0 aliphatic rings. The van der Waals surface area contributed by atoms with Gasteiger partial charge in [-0.2, -0.15) is 0 Å². The Morgan fingerprint density at radius 3 is 2.42 bits per heavy atom. The standard InChI is InChI=1S/C7H16N2O3/c1-4-9(6(3)10)7(11)12-5(2)8/h5-6,10H,4,8H2,1-3H3. The lowest BCUT2D eigenvalue weighted by Crippen LogP contribution is -2.41. The van der Waals surface area contributed by atoms with Crippen LogP contribution in [0.4, 0.5) is 4.79 Å². The number of rotatable bonds is 3. The lowest BCUT2D eigenvalue weighted by atomic mass is 10.5. The second kappa shape index (κ2) is 4.95. The minimum atomic E-state index is -0.846. The zero-order valence-corrected chi connectivity index (χ0v) is 7.65. The highest BCUT2D eigenvalue weighted by Crippen LogP contribution is 1.99. The predicted molar refractivity (Wildman–Crippen MR) is 44.2 cm³/mol. The van der Waals surface area contributed by atoms with Gasteiger partial charge in [-0.15, -0.1) is 0 Å². The third-order valence-corrected chi connectivity index (χ3v) is 1.31. The topological polar surface area (TPSA) is 75.8 Å². The van der Waals surface area contributed by atoms with Gasteiger partial charge in [0.1, 0.15) is 12.5 Å². The minimum Gasteiger partial charge on any atom is -0.431 e. The number of hydrogen-bond acceptors (Lipinski definition) is 4. The first-order chi connectivity index (χ1) is 5.49. The molecule has 0 aromatic rings. The van der Waals surface area contributed by atoms with Crippen LogP contribution in [-0.4, -0.2) is 35.1 Å². The third-order valence-electron chi connectivity index (χ3n) is 1.31. The number of ether oxygens (including phenoxy) is 1. The van der Waals surface area contributed by atoms with E-state index in [0.29, 0.717) is 6.54 Å². The van der Waals surface area contributed by atoms with Crippen LogP contribution in [0.1, 0.15) is 20.8 Å². The lowest BCUT2D eigenvalue weighted by molar-refractivity contribution is 0.00171. The molecule has 0 heterocycles. The molecule has 0 bridgehead atoms. The number of aliphatic hydroxyl groups is 1. The third kappa shape index (κ3) is 3.54. The smallest absolute Gasteiger partial charge is 0.413 e. The highest BCUT2D eigenvalue weighted by Gasteiger charge is 2.18. The van der Waals surface area contributed by atoms with E-state index in [2.05, 4.69) is 4.74 Å². The van der Waals surface area contributed by atoms with E-state index in [-0.39, 0.29) is 0 Å². The number of nitrogens with zero attached hydrogens (tertiary/aromatic N) is 1. The Hall–Kier alpha value is -0.810. The Morgan fingerprint density at radius 2 is 2.17 bits per heavy atom. The first kappa shape index (κ1) is 11.2. The van der Waals surface area contributed by atoms with Gasteiger partial charge >= 0.3 is 6.09 Å². The van der Waals surface area contributed by atoms with Crippen molar-refractivity contribution in [1.82, 2.24) is 4.90 Å². The summed E-state index contributed by atoms with van der Waals surface area (Å²) in [6.45, 7) is 5.18. The number of carbonyl (C=O) groups excluding carboxylic acids is 1. The molecule has 5 heteroatoms. The van der Waals surface area contributed by atoms with Gasteiger partial charge in [0.25, 0.3) is 0 Å². The average molecular weight is 176 g/mol. The van der Waals surface area contributed by atoms with E-state index in [9.17, 15) is 4.79 Å². The first-order valence-corrected chi connectivity index (χ1v) is 3.90. The summed E-state index contributed by atoms with van der Waals surface area (Å²) in [5.41, 5.74) is 5.23. The molecule has 0 fully saturated rings. The SMILES string of the molecule is CCN(C(=O)OC(C)N)C(C)O. The zero-order valence-electron chi connectivity index (χ0n) is 7.65. The molecular weight excluding hydrogens is 160 g/mol. The van der Waals surface area contributed by atoms with Gasteiger partial charge in [-0.3, -0.25) is 10.6 Å². The molecule has 3 N–H and O–H groups in total. The highest BCUT2D eigenvalue weighted by molar-refractivity contribution is 5.67. The fourth-order valence-corrected chi connectivity index (χ4v) is 0.773. The Labute approximate surface area is 72.1 Å². The average Bonchev–Trinajstić information content (AvgIpc) is 1.85.